The molecule has 0 amide bonds. The Morgan fingerprint density at radius 3 is 0.565 bits per heavy atom. The van der Waals surface area contributed by atoms with E-state index in [1.807, 2.05) is 84.9 Å². The molecule has 1 N–H and O–H groups in total. The van der Waals surface area contributed by atoms with Crippen LogP contribution in [0.3, 0.4) is 0 Å². The van der Waals surface area contributed by atoms with Crippen LogP contribution in [0.5, 0.6) is 0 Å². The SMILES string of the molecule is CO.F[B-](F)(F)F.F[B-](F)(F)F.[Co+2].c1ccc(-c2ccc(-c3ccc(-c4cc(-c5ccccn5)nc(-c5ccccn5)c4)cc3)cc2)cc1.c1ccc(-c2ccc(-c3ccc(-c4cc(-c5ccccn5)nc(-c5ccccn5)c4)cc3)cc2)cc1. The van der Waals surface area contributed by atoms with Gasteiger partial charge in [0, 0.05) is 31.9 Å². The quantitative estimate of drug-likeness (QED) is 0.108. The van der Waals surface area contributed by atoms with E-state index in [-0.39, 0.29) is 16.8 Å². The summed E-state index contributed by atoms with van der Waals surface area (Å²) < 4.78 is 78.0. The average Bonchev–Trinajstić information content (AvgIpc) is 3.70. The molecule has 0 unspecified atom stereocenters. The molecule has 0 saturated carbocycles. The summed E-state index contributed by atoms with van der Waals surface area (Å²) in [6.45, 7) is 0. The van der Waals surface area contributed by atoms with Gasteiger partial charge in [0.1, 0.15) is 0 Å². The number of aliphatic hydroxyl groups is 1. The first-order valence-corrected chi connectivity index (χ1v) is 26.1. The average molecular weight is 1190 g/mol. The van der Waals surface area contributed by atoms with Gasteiger partial charge in [-0.1, -0.05) is 182 Å². The van der Waals surface area contributed by atoms with E-state index in [1.54, 1.807) is 24.8 Å². The van der Waals surface area contributed by atoms with Crippen LogP contribution in [0, 0.1) is 0 Å². The smallest absolute Gasteiger partial charge is 0.418 e. The number of halogens is 8. The van der Waals surface area contributed by atoms with E-state index in [9.17, 15) is 34.5 Å². The van der Waals surface area contributed by atoms with E-state index >= 15 is 0 Å². The Kier molecular flexibility index (Phi) is 22.6. The zero-order chi connectivity index (χ0) is 59.3. The molecule has 0 saturated heterocycles. The molecule has 6 aromatic carbocycles. The fourth-order valence-electron chi connectivity index (χ4n) is 8.66. The van der Waals surface area contributed by atoms with Gasteiger partial charge in [0.25, 0.3) is 0 Å². The number of rotatable bonds is 10. The Morgan fingerprint density at radius 1 is 0.224 bits per heavy atom. The molecule has 0 aliphatic rings. The van der Waals surface area contributed by atoms with Gasteiger partial charge in [0.15, 0.2) is 0 Å². The van der Waals surface area contributed by atoms with Crippen molar-refractivity contribution >= 4 is 14.5 Å². The van der Waals surface area contributed by atoms with E-state index in [1.165, 1.54) is 44.5 Å². The molecule has 7 nitrogen and oxygen atoms in total. The van der Waals surface area contributed by atoms with Gasteiger partial charge >= 0.3 is 31.3 Å². The summed E-state index contributed by atoms with van der Waals surface area (Å²) in [7, 11) is -11.0. The minimum absolute atomic E-state index is 0. The predicted molar refractivity (Wildman–Crippen MR) is 323 cm³/mol. The summed E-state index contributed by atoms with van der Waals surface area (Å²) in [5, 5.41) is 7.00. The molecular weight excluding hydrogens is 1140 g/mol. The van der Waals surface area contributed by atoms with Crippen LogP contribution in [0.25, 0.3) is 112 Å². The molecule has 18 heteroatoms. The largest absolute Gasteiger partial charge is 2.00 e. The van der Waals surface area contributed by atoms with Crippen molar-refractivity contribution in [1.82, 2.24) is 29.9 Å². The minimum Gasteiger partial charge on any atom is -0.418 e. The van der Waals surface area contributed by atoms with Crippen LogP contribution in [0.15, 0.2) is 280 Å². The second-order valence-electron chi connectivity index (χ2n) is 18.1. The summed E-state index contributed by atoms with van der Waals surface area (Å²) >= 11 is 0. The van der Waals surface area contributed by atoms with E-state index < -0.39 is 14.5 Å². The van der Waals surface area contributed by atoms with Gasteiger partial charge in [0.2, 0.25) is 0 Å². The third-order valence-electron chi connectivity index (χ3n) is 12.4. The number of aliphatic hydroxyl groups excluding tert-OH is 1. The zero-order valence-corrected chi connectivity index (χ0v) is 46.2. The minimum atomic E-state index is -6.00. The fourth-order valence-corrected chi connectivity index (χ4v) is 8.66. The third-order valence-corrected chi connectivity index (χ3v) is 12.4. The van der Waals surface area contributed by atoms with Crippen molar-refractivity contribution in [1.29, 1.82) is 0 Å². The standard InChI is InChI=1S/2C33H23N3.CH4O.2BF4.Co/c2*1-2-8-24(9-3-1)25-12-14-26(15-13-25)27-16-18-28(19-17-27)29-22-32(30-10-4-6-20-34-30)36-33(23-29)31-11-5-7-21-35-31;1-2;2*2-1(3,4)5;/h2*1-23H;2H,1H3;;;/q;;;2*-1;+2. The van der Waals surface area contributed by atoms with Gasteiger partial charge in [-0.05, 0) is 140 Å². The molecule has 0 aliphatic carbocycles. The molecule has 1 radical (unpaired) electrons. The normalized spacial score (nSPS) is 10.6. The van der Waals surface area contributed by atoms with Gasteiger partial charge in [-0.15, -0.1) is 0 Å². The Labute approximate surface area is 497 Å². The summed E-state index contributed by atoms with van der Waals surface area (Å²) in [5.41, 5.74) is 20.7. The van der Waals surface area contributed by atoms with Gasteiger partial charge in [-0.2, -0.15) is 0 Å². The van der Waals surface area contributed by atoms with Gasteiger partial charge in [-0.3, -0.25) is 19.9 Å². The predicted octanol–water partition coefficient (Wildman–Crippen LogP) is 18.6. The van der Waals surface area contributed by atoms with Crippen LogP contribution in [0.4, 0.5) is 34.5 Å². The number of hydrogen-bond acceptors (Lipinski definition) is 7. The van der Waals surface area contributed by atoms with Crippen molar-refractivity contribution in [2.24, 2.45) is 0 Å². The molecule has 425 valence electrons. The van der Waals surface area contributed by atoms with Crippen LogP contribution in [0.1, 0.15) is 0 Å². The van der Waals surface area contributed by atoms with Crippen molar-refractivity contribution in [3.63, 3.8) is 0 Å². The number of benzene rings is 6. The fraction of sp³-hybridized carbons (Fsp3) is 0.0149. The van der Waals surface area contributed by atoms with Crippen molar-refractivity contribution in [2.45, 2.75) is 0 Å². The Morgan fingerprint density at radius 2 is 0.388 bits per heavy atom. The van der Waals surface area contributed by atoms with Crippen molar-refractivity contribution in [3.8, 4) is 112 Å². The number of pyridine rings is 6. The van der Waals surface area contributed by atoms with E-state index in [0.717, 1.165) is 74.9 Å². The van der Waals surface area contributed by atoms with Crippen LogP contribution < -0.4 is 0 Å². The maximum Gasteiger partial charge on any atom is 2.00 e. The summed E-state index contributed by atoms with van der Waals surface area (Å²) in [6, 6.07) is 87.6. The first-order chi connectivity index (χ1) is 40.7. The van der Waals surface area contributed by atoms with E-state index in [0.29, 0.717) is 0 Å². The van der Waals surface area contributed by atoms with Gasteiger partial charge in [-0.25, -0.2) is 9.97 Å². The molecule has 0 aliphatic heterocycles. The van der Waals surface area contributed by atoms with Crippen molar-refractivity contribution in [3.05, 3.63) is 280 Å². The van der Waals surface area contributed by atoms with Crippen LogP contribution in [-0.2, 0) is 16.8 Å². The van der Waals surface area contributed by atoms with Crippen LogP contribution in [-0.4, -0.2) is 56.6 Å². The number of hydrogen-bond donors (Lipinski definition) is 1. The Hall–Kier alpha value is -9.74. The topological polar surface area (TPSA) is 97.6 Å². The molecule has 6 aromatic heterocycles. The molecule has 0 spiro atoms. The molecule has 12 rings (SSSR count). The van der Waals surface area contributed by atoms with E-state index in [2.05, 4.69) is 190 Å². The van der Waals surface area contributed by atoms with Crippen molar-refractivity contribution < 1.29 is 56.4 Å². The Bertz CT molecular complexity index is 3540. The third kappa shape index (κ3) is 19.2. The maximum atomic E-state index is 9.75. The molecule has 85 heavy (non-hydrogen) atoms. The Balaban J connectivity index is 0.000000203. The van der Waals surface area contributed by atoms with Crippen LogP contribution in [0.2, 0.25) is 0 Å². The molecule has 0 bridgehead atoms. The number of aromatic nitrogens is 6. The first-order valence-electron chi connectivity index (χ1n) is 26.1. The monoisotopic (exact) mass is 1190 g/mol. The van der Waals surface area contributed by atoms with Gasteiger partial charge < -0.3 is 39.6 Å². The van der Waals surface area contributed by atoms with Crippen molar-refractivity contribution in [2.75, 3.05) is 7.11 Å². The van der Waals surface area contributed by atoms with Gasteiger partial charge in [0.05, 0.1) is 45.6 Å². The maximum absolute atomic E-state index is 9.75. The summed E-state index contributed by atoms with van der Waals surface area (Å²) in [5.74, 6) is 0. The van der Waals surface area contributed by atoms with E-state index in [4.69, 9.17) is 15.1 Å². The first kappa shape index (κ1) is 62.8. The summed E-state index contributed by atoms with van der Waals surface area (Å²) in [4.78, 5) is 27.8. The molecule has 0 atom stereocenters. The molecule has 12 aromatic rings. The second-order valence-corrected chi connectivity index (χ2v) is 18.1. The summed E-state index contributed by atoms with van der Waals surface area (Å²) in [6.07, 6.45) is 7.17. The molecular formula is C67H50B2CoF8N6O. The number of nitrogens with zero attached hydrogens (tertiary/aromatic N) is 6. The van der Waals surface area contributed by atoms with Crippen LogP contribution >= 0.6 is 0 Å². The molecule has 0 fully saturated rings. The molecule has 6 heterocycles. The zero-order valence-electron chi connectivity index (χ0n) is 45.2. The second kappa shape index (κ2) is 30.5.